The van der Waals surface area contributed by atoms with Gasteiger partial charge in [-0.3, -0.25) is 4.79 Å². The summed E-state index contributed by atoms with van der Waals surface area (Å²) in [7, 11) is 0. The van der Waals surface area contributed by atoms with Crippen molar-refractivity contribution in [3.05, 3.63) is 82.9 Å². The van der Waals surface area contributed by atoms with Crippen molar-refractivity contribution in [2.75, 3.05) is 0 Å². The zero-order valence-electron chi connectivity index (χ0n) is 12.9. The lowest BCUT2D eigenvalue weighted by atomic mass is 10.0. The largest absolute Gasteiger partial charge is 0.348 e. The number of carbonyl (C=O) groups is 1. The molecule has 0 aromatic heterocycles. The van der Waals surface area contributed by atoms with Gasteiger partial charge in [-0.1, -0.05) is 24.3 Å². The Labute approximate surface area is 138 Å². The minimum absolute atomic E-state index is 0.153. The number of nitrogens with two attached hydrogens (primary N) is 1. The molecule has 0 spiro atoms. The van der Waals surface area contributed by atoms with Crippen LogP contribution >= 0.6 is 0 Å². The van der Waals surface area contributed by atoms with E-state index in [9.17, 15) is 13.6 Å². The van der Waals surface area contributed by atoms with E-state index in [0.717, 1.165) is 28.5 Å². The molecule has 0 aliphatic heterocycles. The summed E-state index contributed by atoms with van der Waals surface area (Å²) in [5.41, 5.74) is 6.90. The Bertz CT molecular complexity index is 889. The van der Waals surface area contributed by atoms with Gasteiger partial charge in [-0.05, 0) is 46.7 Å². The smallest absolute Gasteiger partial charge is 0.251 e. The zero-order chi connectivity index (χ0) is 17.1. The van der Waals surface area contributed by atoms with Gasteiger partial charge in [0.25, 0.3) is 5.91 Å². The normalized spacial score (nSPS) is 10.8. The molecule has 3 nitrogen and oxygen atoms in total. The first-order chi connectivity index (χ1) is 11.6. The lowest BCUT2D eigenvalue weighted by Gasteiger charge is -2.08. The minimum Gasteiger partial charge on any atom is -0.348 e. The number of fused-ring (bicyclic) bond motifs is 1. The van der Waals surface area contributed by atoms with Gasteiger partial charge < -0.3 is 11.1 Å². The van der Waals surface area contributed by atoms with Crippen LogP contribution in [0.25, 0.3) is 10.8 Å². The van der Waals surface area contributed by atoms with E-state index >= 15 is 0 Å². The van der Waals surface area contributed by atoms with Crippen LogP contribution in [0.5, 0.6) is 0 Å². The average Bonchev–Trinajstić information content (AvgIpc) is 2.60. The van der Waals surface area contributed by atoms with Gasteiger partial charge >= 0.3 is 0 Å². The Balaban J connectivity index is 1.79. The van der Waals surface area contributed by atoms with E-state index < -0.39 is 11.6 Å². The molecule has 0 fully saturated rings. The molecule has 3 rings (SSSR count). The maximum atomic E-state index is 13.6. The molecule has 0 aliphatic rings. The number of carbonyl (C=O) groups excluding carboxylic acids is 1. The SMILES string of the molecule is NCc1ccc2cc(C(=O)NCc3c(F)cccc3F)ccc2c1. The first-order valence-corrected chi connectivity index (χ1v) is 7.52. The standard InChI is InChI=1S/C19H16F2N2O/c20-17-2-1-3-18(21)16(17)11-23-19(24)15-7-6-13-8-12(10-22)4-5-14(13)9-15/h1-9H,10-11,22H2,(H,23,24). The molecule has 0 unspecified atom stereocenters. The monoisotopic (exact) mass is 326 g/mol. The summed E-state index contributed by atoms with van der Waals surface area (Å²) in [6.45, 7) is 0.244. The molecule has 24 heavy (non-hydrogen) atoms. The number of hydrogen-bond acceptors (Lipinski definition) is 2. The molecule has 0 aliphatic carbocycles. The van der Waals surface area contributed by atoms with Gasteiger partial charge in [0.2, 0.25) is 0 Å². The van der Waals surface area contributed by atoms with Crippen LogP contribution in [0, 0.1) is 11.6 Å². The van der Waals surface area contributed by atoms with Crippen molar-refractivity contribution < 1.29 is 13.6 Å². The van der Waals surface area contributed by atoms with Crippen LogP contribution in [0.2, 0.25) is 0 Å². The Kier molecular flexibility index (Phi) is 4.53. The second-order valence-electron chi connectivity index (χ2n) is 5.48. The van der Waals surface area contributed by atoms with E-state index in [1.54, 1.807) is 12.1 Å². The van der Waals surface area contributed by atoms with Crippen LogP contribution in [0.15, 0.2) is 54.6 Å². The molecule has 0 bridgehead atoms. The topological polar surface area (TPSA) is 55.1 Å². The number of amides is 1. The molecule has 3 aromatic carbocycles. The highest BCUT2D eigenvalue weighted by Crippen LogP contribution is 2.18. The first-order valence-electron chi connectivity index (χ1n) is 7.52. The summed E-state index contributed by atoms with van der Waals surface area (Å²) >= 11 is 0. The third-order valence-electron chi connectivity index (χ3n) is 3.89. The highest BCUT2D eigenvalue weighted by molar-refractivity contribution is 5.98. The number of nitrogens with one attached hydrogen (secondary N) is 1. The highest BCUT2D eigenvalue weighted by atomic mass is 19.1. The van der Waals surface area contributed by atoms with E-state index in [2.05, 4.69) is 5.32 Å². The maximum Gasteiger partial charge on any atom is 0.251 e. The lowest BCUT2D eigenvalue weighted by Crippen LogP contribution is -2.23. The van der Waals surface area contributed by atoms with Gasteiger partial charge in [-0.25, -0.2) is 8.78 Å². The summed E-state index contributed by atoms with van der Waals surface area (Å²) in [6.07, 6.45) is 0. The fourth-order valence-corrected chi connectivity index (χ4v) is 2.54. The number of benzene rings is 3. The summed E-state index contributed by atoms with van der Waals surface area (Å²) < 4.78 is 27.2. The Hall–Kier alpha value is -2.79. The maximum absolute atomic E-state index is 13.6. The van der Waals surface area contributed by atoms with Crippen molar-refractivity contribution in [3.8, 4) is 0 Å². The number of rotatable bonds is 4. The predicted octanol–water partition coefficient (Wildman–Crippen LogP) is 3.51. The van der Waals surface area contributed by atoms with E-state index in [1.807, 2.05) is 24.3 Å². The highest BCUT2D eigenvalue weighted by Gasteiger charge is 2.11. The van der Waals surface area contributed by atoms with Crippen molar-refractivity contribution >= 4 is 16.7 Å². The first kappa shape index (κ1) is 16.1. The Morgan fingerprint density at radius 2 is 1.62 bits per heavy atom. The third-order valence-corrected chi connectivity index (χ3v) is 3.89. The predicted molar refractivity (Wildman–Crippen MR) is 89.4 cm³/mol. The molecule has 122 valence electrons. The molecular weight excluding hydrogens is 310 g/mol. The molecule has 3 N–H and O–H groups in total. The lowest BCUT2D eigenvalue weighted by molar-refractivity contribution is 0.0950. The van der Waals surface area contributed by atoms with Gasteiger partial charge in [0.1, 0.15) is 11.6 Å². The van der Waals surface area contributed by atoms with Crippen molar-refractivity contribution in [2.45, 2.75) is 13.1 Å². The number of halogens is 2. The van der Waals surface area contributed by atoms with E-state index in [1.165, 1.54) is 6.07 Å². The molecule has 3 aromatic rings. The summed E-state index contributed by atoms with van der Waals surface area (Å²) in [5.74, 6) is -1.74. The van der Waals surface area contributed by atoms with Crippen LogP contribution in [-0.4, -0.2) is 5.91 Å². The van der Waals surface area contributed by atoms with Crippen LogP contribution in [0.1, 0.15) is 21.5 Å². The molecule has 0 saturated carbocycles. The van der Waals surface area contributed by atoms with Gasteiger partial charge in [-0.2, -0.15) is 0 Å². The van der Waals surface area contributed by atoms with Crippen molar-refractivity contribution in [1.82, 2.24) is 5.32 Å². The fraction of sp³-hybridized carbons (Fsp3) is 0.105. The van der Waals surface area contributed by atoms with Gasteiger partial charge in [0.15, 0.2) is 0 Å². The average molecular weight is 326 g/mol. The van der Waals surface area contributed by atoms with Crippen molar-refractivity contribution in [1.29, 1.82) is 0 Å². The third kappa shape index (κ3) is 3.26. The van der Waals surface area contributed by atoms with Crippen LogP contribution < -0.4 is 11.1 Å². The van der Waals surface area contributed by atoms with E-state index in [4.69, 9.17) is 5.73 Å². The molecule has 0 atom stereocenters. The van der Waals surface area contributed by atoms with Crippen LogP contribution in [-0.2, 0) is 13.1 Å². The zero-order valence-corrected chi connectivity index (χ0v) is 12.9. The molecule has 0 saturated heterocycles. The Morgan fingerprint density at radius 3 is 2.33 bits per heavy atom. The molecule has 0 heterocycles. The second-order valence-corrected chi connectivity index (χ2v) is 5.48. The molecule has 1 amide bonds. The Morgan fingerprint density at radius 1 is 0.958 bits per heavy atom. The second kappa shape index (κ2) is 6.76. The van der Waals surface area contributed by atoms with Gasteiger partial charge in [-0.15, -0.1) is 0 Å². The van der Waals surface area contributed by atoms with Crippen LogP contribution in [0.4, 0.5) is 8.78 Å². The van der Waals surface area contributed by atoms with Crippen LogP contribution in [0.3, 0.4) is 0 Å². The number of hydrogen-bond donors (Lipinski definition) is 2. The summed E-state index contributed by atoms with van der Waals surface area (Å²) in [5, 5.41) is 4.43. The van der Waals surface area contributed by atoms with Gasteiger partial charge in [0, 0.05) is 24.2 Å². The van der Waals surface area contributed by atoms with Crippen molar-refractivity contribution in [2.24, 2.45) is 5.73 Å². The fourth-order valence-electron chi connectivity index (χ4n) is 2.54. The van der Waals surface area contributed by atoms with E-state index in [0.29, 0.717) is 12.1 Å². The minimum atomic E-state index is -0.678. The molecule has 5 heteroatoms. The van der Waals surface area contributed by atoms with Gasteiger partial charge in [0.05, 0.1) is 0 Å². The summed E-state index contributed by atoms with van der Waals surface area (Å²) in [4.78, 5) is 12.2. The molecule has 0 radical (unpaired) electrons. The summed E-state index contributed by atoms with van der Waals surface area (Å²) in [6, 6.07) is 14.6. The quantitative estimate of drug-likeness (QED) is 0.771. The van der Waals surface area contributed by atoms with E-state index in [-0.39, 0.29) is 18.0 Å². The molecular formula is C19H16F2N2O. The van der Waals surface area contributed by atoms with Crippen molar-refractivity contribution in [3.63, 3.8) is 0 Å².